The van der Waals surface area contributed by atoms with Gasteiger partial charge in [-0.05, 0) is 73.0 Å². The van der Waals surface area contributed by atoms with Crippen molar-refractivity contribution < 1.29 is 30.5 Å². The van der Waals surface area contributed by atoms with Crippen LogP contribution in [0, 0.1) is 0 Å². The summed E-state index contributed by atoms with van der Waals surface area (Å²) < 4.78 is 66.4. The van der Waals surface area contributed by atoms with Gasteiger partial charge in [-0.25, -0.2) is 0 Å². The van der Waals surface area contributed by atoms with Gasteiger partial charge in [-0.15, -0.1) is 0 Å². The number of anilines is 1. The normalized spacial score (nSPS) is 17.8. The fraction of sp³-hybridized carbons (Fsp3) is 0.326. The van der Waals surface area contributed by atoms with Crippen molar-refractivity contribution in [3.05, 3.63) is 132 Å². The van der Waals surface area contributed by atoms with E-state index in [9.17, 15) is 25.9 Å². The Morgan fingerprint density at radius 2 is 1.25 bits per heavy atom. The van der Waals surface area contributed by atoms with Gasteiger partial charge in [0.05, 0.1) is 22.3 Å². The molecule has 2 heterocycles. The van der Waals surface area contributed by atoms with E-state index in [2.05, 4.69) is 104 Å². The third kappa shape index (κ3) is 8.26. The van der Waals surface area contributed by atoms with Crippen LogP contribution in [0.2, 0.25) is 0 Å². The fourth-order valence-corrected chi connectivity index (χ4v) is 9.19. The van der Waals surface area contributed by atoms with E-state index in [0.29, 0.717) is 38.8 Å². The number of unbranched alkanes of at least 4 members (excludes halogenated alkanes) is 2. The number of hydrogen-bond donors (Lipinski definition) is 2. The summed E-state index contributed by atoms with van der Waals surface area (Å²) in [5.74, 6) is -0.508. The van der Waals surface area contributed by atoms with E-state index < -0.39 is 20.2 Å². The van der Waals surface area contributed by atoms with Gasteiger partial charge >= 0.3 is 0 Å². The Hall–Kier alpha value is -4.35. The highest BCUT2D eigenvalue weighted by molar-refractivity contribution is 7.86. The highest BCUT2D eigenvalue weighted by Crippen LogP contribution is 2.51. The minimum Gasteiger partial charge on any atom is -0.344 e. The predicted molar refractivity (Wildman–Crippen MR) is 218 cm³/mol. The number of nitrogens with zero attached hydrogens (tertiary/aromatic N) is 2. The zero-order valence-electron chi connectivity index (χ0n) is 30.9. The molecule has 2 N–H and O–H groups in total. The van der Waals surface area contributed by atoms with Crippen LogP contribution >= 0.6 is 0 Å². The molecule has 278 valence electrons. The molecule has 0 bridgehead atoms. The van der Waals surface area contributed by atoms with Crippen LogP contribution in [0.1, 0.15) is 64.5 Å². The van der Waals surface area contributed by atoms with Gasteiger partial charge in [-0.1, -0.05) is 105 Å². The molecular weight excluding hydrogens is 705 g/mol. The average Bonchev–Trinajstić information content (AvgIpc) is 3.45. The summed E-state index contributed by atoms with van der Waals surface area (Å²) >= 11 is 0. The van der Waals surface area contributed by atoms with Gasteiger partial charge in [0.1, 0.15) is 6.54 Å². The molecule has 4 aromatic carbocycles. The molecule has 2 aliphatic rings. The number of rotatable bonds is 14. The lowest BCUT2D eigenvalue weighted by atomic mass is 9.80. The van der Waals surface area contributed by atoms with E-state index in [-0.39, 0.29) is 22.3 Å². The highest BCUT2D eigenvalue weighted by atomic mass is 32.2. The Kier molecular flexibility index (Phi) is 11.0. The van der Waals surface area contributed by atoms with Crippen molar-refractivity contribution in [1.29, 1.82) is 0 Å². The minimum atomic E-state index is -4.02. The topological polar surface area (TPSA) is 115 Å². The lowest BCUT2D eigenvalue weighted by Gasteiger charge is -2.27. The van der Waals surface area contributed by atoms with Crippen LogP contribution in [0.25, 0.3) is 21.5 Å². The van der Waals surface area contributed by atoms with E-state index in [1.807, 2.05) is 48.6 Å². The zero-order chi connectivity index (χ0) is 38.0. The number of benzene rings is 4. The van der Waals surface area contributed by atoms with Gasteiger partial charge < -0.3 is 4.90 Å². The van der Waals surface area contributed by atoms with Gasteiger partial charge in [0.25, 0.3) is 20.2 Å². The van der Waals surface area contributed by atoms with Gasteiger partial charge in [0.15, 0.2) is 5.71 Å². The Labute approximate surface area is 314 Å². The van der Waals surface area contributed by atoms with Crippen LogP contribution in [0.15, 0.2) is 121 Å². The minimum absolute atomic E-state index is 0.253. The maximum absolute atomic E-state index is 11.4. The van der Waals surface area contributed by atoms with Gasteiger partial charge in [-0.3, -0.25) is 9.11 Å². The first-order chi connectivity index (χ1) is 25.1. The molecular formula is C43H49N2O6S2+. The molecule has 2 aliphatic heterocycles. The molecule has 0 amide bonds. The standard InChI is InChI=1S/C43H48N2O6S2/c1-42(2)36-26-24-33-19-11-13-21-35(33)41(36)45(29-15-17-31-53(49,50)51)38(42)22-8-6-5-7-9-23-39-43(3,4)40-34-20-12-10-18-32(34)25-27-37(40)44(39)28-14-16-30-52(46,47)48/h5-13,18-27H,14-17,28-31H2,1-4H3,(H-,46,47,48,49,50,51)/p+1. The third-order valence-corrected chi connectivity index (χ3v) is 12.2. The summed E-state index contributed by atoms with van der Waals surface area (Å²) in [5.41, 5.74) is 6.37. The van der Waals surface area contributed by atoms with Crippen molar-refractivity contribution in [3.8, 4) is 0 Å². The second kappa shape index (κ2) is 15.2. The number of hydrogen-bond acceptors (Lipinski definition) is 5. The van der Waals surface area contributed by atoms with Crippen LogP contribution in [-0.2, 0) is 31.1 Å². The molecule has 0 aromatic heterocycles. The molecule has 0 unspecified atom stereocenters. The van der Waals surface area contributed by atoms with E-state index >= 15 is 0 Å². The summed E-state index contributed by atoms with van der Waals surface area (Å²) in [6, 6.07) is 25.3. The second-order valence-electron chi connectivity index (χ2n) is 15.0. The van der Waals surface area contributed by atoms with E-state index in [0.717, 1.165) is 33.6 Å². The average molecular weight is 754 g/mol. The molecule has 0 saturated heterocycles. The fourth-order valence-electron chi connectivity index (χ4n) is 8.05. The van der Waals surface area contributed by atoms with Crippen LogP contribution in [-0.4, -0.2) is 60.8 Å². The second-order valence-corrected chi connectivity index (χ2v) is 18.1. The first-order valence-electron chi connectivity index (χ1n) is 18.2. The SMILES string of the molecule is CC1(C)C(C=CC=CC=CC=C2N(CCCCS(=O)(=O)O)c3ccc4ccccc4c3C2(C)C)=[N+](CCCCS(=O)(=O)O)c2c1ccc1ccccc21. The van der Waals surface area contributed by atoms with Crippen molar-refractivity contribution in [2.24, 2.45) is 0 Å². The molecule has 10 heteroatoms. The molecule has 53 heavy (non-hydrogen) atoms. The molecule has 8 nitrogen and oxygen atoms in total. The maximum atomic E-state index is 11.4. The Balaban J connectivity index is 1.26. The van der Waals surface area contributed by atoms with Crippen molar-refractivity contribution in [1.82, 2.24) is 0 Å². The summed E-state index contributed by atoms with van der Waals surface area (Å²) in [6.45, 7) is 10.1. The van der Waals surface area contributed by atoms with Crippen LogP contribution in [0.4, 0.5) is 11.4 Å². The van der Waals surface area contributed by atoms with Crippen molar-refractivity contribution in [3.63, 3.8) is 0 Å². The van der Waals surface area contributed by atoms with Crippen LogP contribution in [0.5, 0.6) is 0 Å². The summed E-state index contributed by atoms with van der Waals surface area (Å²) in [6.07, 6.45) is 16.3. The Morgan fingerprint density at radius 3 is 1.94 bits per heavy atom. The van der Waals surface area contributed by atoms with E-state index in [4.69, 9.17) is 0 Å². The summed E-state index contributed by atoms with van der Waals surface area (Å²) in [5, 5.41) is 4.67. The largest absolute Gasteiger partial charge is 0.344 e. The molecule has 6 rings (SSSR count). The molecule has 0 spiro atoms. The summed E-state index contributed by atoms with van der Waals surface area (Å²) in [7, 11) is -8.02. The van der Waals surface area contributed by atoms with E-state index in [1.54, 1.807) is 0 Å². The van der Waals surface area contributed by atoms with Crippen molar-refractivity contribution >= 4 is 58.9 Å². The molecule has 0 aliphatic carbocycles. The Morgan fingerprint density at radius 1 is 0.660 bits per heavy atom. The number of fused-ring (bicyclic) bond motifs is 6. The molecule has 0 fully saturated rings. The number of allylic oxidation sites excluding steroid dienone is 8. The van der Waals surface area contributed by atoms with Gasteiger partial charge in [-0.2, -0.15) is 21.4 Å². The third-order valence-electron chi connectivity index (χ3n) is 10.5. The Bertz CT molecular complexity index is 2420. The molecule has 0 saturated carbocycles. The first kappa shape index (κ1) is 38.4. The van der Waals surface area contributed by atoms with E-state index in [1.165, 1.54) is 21.9 Å². The van der Waals surface area contributed by atoms with Crippen molar-refractivity contribution in [2.45, 2.75) is 64.2 Å². The lowest BCUT2D eigenvalue weighted by molar-refractivity contribution is -0.436. The monoisotopic (exact) mass is 753 g/mol. The molecule has 0 atom stereocenters. The quantitative estimate of drug-likeness (QED) is 0.0572. The first-order valence-corrected chi connectivity index (χ1v) is 21.4. The zero-order valence-corrected chi connectivity index (χ0v) is 32.5. The van der Waals surface area contributed by atoms with Gasteiger partial charge in [0.2, 0.25) is 5.69 Å². The van der Waals surface area contributed by atoms with Crippen LogP contribution < -0.4 is 4.90 Å². The predicted octanol–water partition coefficient (Wildman–Crippen LogP) is 9.06. The lowest BCUT2D eigenvalue weighted by Crippen LogP contribution is -2.28. The highest BCUT2D eigenvalue weighted by Gasteiger charge is 2.45. The molecule has 0 radical (unpaired) electrons. The molecule has 4 aromatic rings. The smallest absolute Gasteiger partial charge is 0.264 e. The van der Waals surface area contributed by atoms with Crippen LogP contribution in [0.3, 0.4) is 0 Å². The van der Waals surface area contributed by atoms with Gasteiger partial charge in [0, 0.05) is 41.4 Å². The maximum Gasteiger partial charge on any atom is 0.264 e. The van der Waals surface area contributed by atoms with Crippen molar-refractivity contribution in [2.75, 3.05) is 29.5 Å². The summed E-state index contributed by atoms with van der Waals surface area (Å²) in [4.78, 5) is 2.28.